The van der Waals surface area contributed by atoms with Crippen LogP contribution in [0.5, 0.6) is 0 Å². The minimum Gasteiger partial charge on any atom is -0.370 e. The molecule has 0 aliphatic carbocycles. The average Bonchev–Trinajstić information content (AvgIpc) is 3.19. The molecule has 11 heteroatoms. The fourth-order valence-corrected chi connectivity index (χ4v) is 4.97. The number of rotatable bonds is 4. The minimum absolute atomic E-state index is 0.0932. The molecule has 2 aromatic heterocycles. The number of carbonyl (C=O) groups excluding carboxylic acids is 1. The molecule has 4 rings (SSSR count). The summed E-state index contributed by atoms with van der Waals surface area (Å²) in [5, 5.41) is 14.2. The lowest BCUT2D eigenvalue weighted by Crippen LogP contribution is -2.52. The topological polar surface area (TPSA) is 119 Å². The van der Waals surface area contributed by atoms with E-state index in [0.717, 1.165) is 23.9 Å². The van der Waals surface area contributed by atoms with Crippen LogP contribution in [0.15, 0.2) is 12.4 Å². The van der Waals surface area contributed by atoms with Crippen LogP contribution in [0, 0.1) is 16.7 Å². The highest BCUT2D eigenvalue weighted by Gasteiger charge is 2.34. The first-order valence-corrected chi connectivity index (χ1v) is 12.0. The van der Waals surface area contributed by atoms with Gasteiger partial charge < -0.3 is 14.4 Å². The van der Waals surface area contributed by atoms with E-state index in [-0.39, 0.29) is 11.3 Å². The summed E-state index contributed by atoms with van der Waals surface area (Å²) in [5.74, 6) is -0.0932. The summed E-state index contributed by atoms with van der Waals surface area (Å²) in [6.07, 6.45) is 4.85. The lowest BCUT2D eigenvalue weighted by molar-refractivity contribution is 0.0626. The molecule has 0 aromatic carbocycles. The monoisotopic (exact) mass is 459 g/mol. The van der Waals surface area contributed by atoms with Crippen LogP contribution in [-0.4, -0.2) is 83.9 Å². The molecule has 2 saturated heterocycles. The van der Waals surface area contributed by atoms with Crippen LogP contribution in [0.25, 0.3) is 11.0 Å². The zero-order valence-corrected chi connectivity index (χ0v) is 19.5. The van der Waals surface area contributed by atoms with E-state index in [1.807, 2.05) is 18.9 Å². The Labute approximate surface area is 190 Å². The smallest absolute Gasteiger partial charge is 0.257 e. The second kappa shape index (κ2) is 8.77. The van der Waals surface area contributed by atoms with Crippen molar-refractivity contribution in [1.29, 1.82) is 5.26 Å². The van der Waals surface area contributed by atoms with Crippen LogP contribution in [0.3, 0.4) is 0 Å². The maximum absolute atomic E-state index is 13.6. The van der Waals surface area contributed by atoms with Crippen molar-refractivity contribution in [1.82, 2.24) is 24.6 Å². The lowest BCUT2D eigenvalue weighted by Gasteiger charge is -2.39. The van der Waals surface area contributed by atoms with Crippen molar-refractivity contribution in [2.75, 3.05) is 44.2 Å². The second-order valence-electron chi connectivity index (χ2n) is 8.89. The number of hydrogen-bond donors (Lipinski definition) is 1. The molecule has 10 nitrogen and oxygen atoms in total. The number of nitrogens with zero attached hydrogens (tertiary/aromatic N) is 7. The third kappa shape index (κ3) is 4.10. The molecule has 0 bridgehead atoms. The highest BCUT2D eigenvalue weighted by molar-refractivity contribution is 7.79. The van der Waals surface area contributed by atoms with Gasteiger partial charge in [-0.3, -0.25) is 14.4 Å². The summed E-state index contributed by atoms with van der Waals surface area (Å²) in [6, 6.07) is 2.43. The van der Waals surface area contributed by atoms with E-state index >= 15 is 0 Å². The molecule has 1 N–H and O–H groups in total. The number of pyridine rings is 1. The molecule has 0 saturated carbocycles. The molecule has 2 fully saturated rings. The Kier molecular flexibility index (Phi) is 6.20. The van der Waals surface area contributed by atoms with Crippen molar-refractivity contribution in [2.45, 2.75) is 32.1 Å². The number of aryl methyl sites for hydroxylation is 1. The maximum atomic E-state index is 13.6. The summed E-state index contributed by atoms with van der Waals surface area (Å²) < 4.78 is 22.5. The summed E-state index contributed by atoms with van der Waals surface area (Å²) in [7, 11) is 1.83. The molecule has 172 valence electrons. The van der Waals surface area contributed by atoms with Crippen molar-refractivity contribution in [3.63, 3.8) is 0 Å². The summed E-state index contributed by atoms with van der Waals surface area (Å²) in [5.41, 5.74) is 1.74. The Morgan fingerprint density at radius 2 is 1.88 bits per heavy atom. The molecule has 2 aromatic rings. The van der Waals surface area contributed by atoms with Gasteiger partial charge in [0.25, 0.3) is 5.91 Å². The van der Waals surface area contributed by atoms with Gasteiger partial charge in [0.1, 0.15) is 5.37 Å². The van der Waals surface area contributed by atoms with Crippen LogP contribution in [0.4, 0.5) is 5.69 Å². The van der Waals surface area contributed by atoms with Gasteiger partial charge in [0.15, 0.2) is 16.7 Å². The lowest BCUT2D eigenvalue weighted by atomic mass is 9.81. The number of hydrogen-bond acceptors (Lipinski definition) is 7. The predicted octanol–water partition coefficient (Wildman–Crippen LogP) is 1.42. The zero-order chi connectivity index (χ0) is 23.0. The molecule has 2 aliphatic heterocycles. The highest BCUT2D eigenvalue weighted by atomic mass is 32.2. The van der Waals surface area contributed by atoms with Crippen molar-refractivity contribution >= 4 is 33.7 Å². The number of carbonyl (C=O) groups is 1. The second-order valence-corrected chi connectivity index (χ2v) is 10.1. The molecule has 0 radical (unpaired) electrons. The Balaban J connectivity index is 1.62. The number of fused-ring (bicyclic) bond motifs is 1. The third-order valence-corrected chi connectivity index (χ3v) is 7.71. The van der Waals surface area contributed by atoms with Crippen LogP contribution < -0.4 is 4.90 Å². The zero-order valence-electron chi connectivity index (χ0n) is 18.7. The number of amides is 1. The first kappa shape index (κ1) is 22.6. The SMILES string of the molecule is CC(N1CCN(C(=O)c2cnc3c(cnn3C)c2N2CCC(C)(C#N)CC2)CC1)S(=O)O. The van der Waals surface area contributed by atoms with E-state index in [9.17, 15) is 18.8 Å². The molecular weight excluding hydrogens is 430 g/mol. The van der Waals surface area contributed by atoms with Gasteiger partial charge in [0, 0.05) is 52.5 Å². The summed E-state index contributed by atoms with van der Waals surface area (Å²) >= 11 is -1.92. The van der Waals surface area contributed by atoms with E-state index in [4.69, 9.17) is 0 Å². The van der Waals surface area contributed by atoms with Crippen molar-refractivity contribution in [3.05, 3.63) is 18.0 Å². The van der Waals surface area contributed by atoms with Crippen molar-refractivity contribution < 1.29 is 13.6 Å². The van der Waals surface area contributed by atoms with Gasteiger partial charge in [0.2, 0.25) is 0 Å². The summed E-state index contributed by atoms with van der Waals surface area (Å²) in [6.45, 7) is 7.13. The highest BCUT2D eigenvalue weighted by Crippen LogP contribution is 2.37. The van der Waals surface area contributed by atoms with Crippen LogP contribution in [-0.2, 0) is 18.1 Å². The van der Waals surface area contributed by atoms with Crippen molar-refractivity contribution in [3.8, 4) is 6.07 Å². The normalized spacial score (nSPS) is 21.3. The number of aromatic nitrogens is 3. The van der Waals surface area contributed by atoms with E-state index in [1.165, 1.54) is 0 Å². The standard InChI is InChI=1S/C21H29N7O3S/c1-15(32(30)31)26-8-10-28(11-9-26)20(29)17-12-23-19-16(13-24-25(19)3)18(17)27-6-4-21(2,14-22)5-7-27/h12-13,15H,4-11H2,1-3H3,(H,30,31). The van der Waals surface area contributed by atoms with Crippen LogP contribution in [0.1, 0.15) is 37.0 Å². The summed E-state index contributed by atoms with van der Waals surface area (Å²) in [4.78, 5) is 24.0. The Morgan fingerprint density at radius 3 is 2.47 bits per heavy atom. The Bertz CT molecular complexity index is 1080. The molecule has 1 amide bonds. The fraction of sp³-hybridized carbons (Fsp3) is 0.619. The number of piperazine rings is 1. The van der Waals surface area contributed by atoms with Crippen molar-refractivity contribution in [2.24, 2.45) is 12.5 Å². The molecule has 32 heavy (non-hydrogen) atoms. The quantitative estimate of drug-likeness (QED) is 0.682. The van der Waals surface area contributed by atoms with E-state index < -0.39 is 16.5 Å². The first-order valence-electron chi connectivity index (χ1n) is 10.8. The Morgan fingerprint density at radius 1 is 1.22 bits per heavy atom. The van der Waals surface area contributed by atoms with Crippen LogP contribution in [0.2, 0.25) is 0 Å². The van der Waals surface area contributed by atoms with Gasteiger partial charge >= 0.3 is 0 Å². The number of anilines is 1. The van der Waals surface area contributed by atoms with Gasteiger partial charge in [-0.2, -0.15) is 10.4 Å². The minimum atomic E-state index is -1.92. The van der Waals surface area contributed by atoms with Crippen LogP contribution >= 0.6 is 0 Å². The molecule has 2 aliphatic rings. The number of nitriles is 1. The molecule has 0 spiro atoms. The van der Waals surface area contributed by atoms with Gasteiger partial charge in [-0.25, -0.2) is 9.19 Å². The van der Waals surface area contributed by atoms with E-state index in [2.05, 4.69) is 21.1 Å². The largest absolute Gasteiger partial charge is 0.370 e. The Hall–Kier alpha value is -2.55. The van der Waals surface area contributed by atoms with Gasteiger partial charge in [-0.15, -0.1) is 0 Å². The van der Waals surface area contributed by atoms with E-state index in [1.54, 1.807) is 28.9 Å². The van der Waals surface area contributed by atoms with Gasteiger partial charge in [-0.05, 0) is 26.7 Å². The molecular formula is C21H29N7O3S. The molecule has 2 atom stereocenters. The third-order valence-electron chi connectivity index (χ3n) is 6.82. The maximum Gasteiger partial charge on any atom is 0.257 e. The first-order chi connectivity index (χ1) is 15.2. The molecule has 2 unspecified atom stereocenters. The fourth-order valence-electron chi connectivity index (χ4n) is 4.50. The predicted molar refractivity (Wildman–Crippen MR) is 121 cm³/mol. The van der Waals surface area contributed by atoms with E-state index in [0.29, 0.717) is 50.5 Å². The average molecular weight is 460 g/mol. The van der Waals surface area contributed by atoms with Gasteiger partial charge in [-0.1, -0.05) is 0 Å². The molecule has 4 heterocycles. The van der Waals surface area contributed by atoms with Gasteiger partial charge in [0.05, 0.1) is 34.3 Å². The number of piperidine rings is 1.